The molecule has 106 valence electrons. The number of anilines is 3. The standard InChI is InChI=1S/C13H13BrF2N4/c1-3-17-13-18-7(2)4-12(20-13)19-11-6-9(15)8(14)5-10(11)16/h4-6H,3H2,1-2H3,(H2,17,18,19,20). The summed E-state index contributed by atoms with van der Waals surface area (Å²) in [5.74, 6) is -0.284. The van der Waals surface area contributed by atoms with E-state index < -0.39 is 11.6 Å². The first kappa shape index (κ1) is 14.6. The summed E-state index contributed by atoms with van der Waals surface area (Å²) < 4.78 is 27.3. The summed E-state index contributed by atoms with van der Waals surface area (Å²) in [5.41, 5.74) is 0.739. The van der Waals surface area contributed by atoms with Crippen molar-refractivity contribution in [1.29, 1.82) is 0 Å². The Morgan fingerprint density at radius 1 is 1.15 bits per heavy atom. The molecule has 0 saturated heterocycles. The van der Waals surface area contributed by atoms with E-state index in [1.165, 1.54) is 0 Å². The Bertz CT molecular complexity index is 634. The van der Waals surface area contributed by atoms with Crippen molar-refractivity contribution in [2.75, 3.05) is 17.2 Å². The second kappa shape index (κ2) is 6.13. The highest BCUT2D eigenvalue weighted by Crippen LogP contribution is 2.25. The van der Waals surface area contributed by atoms with Gasteiger partial charge < -0.3 is 10.6 Å². The van der Waals surface area contributed by atoms with Crippen LogP contribution in [0.5, 0.6) is 0 Å². The normalized spacial score (nSPS) is 10.4. The molecule has 0 atom stereocenters. The van der Waals surface area contributed by atoms with Crippen molar-refractivity contribution < 1.29 is 8.78 Å². The lowest BCUT2D eigenvalue weighted by Gasteiger charge is -2.10. The number of nitrogens with zero attached hydrogens (tertiary/aromatic N) is 2. The molecule has 1 heterocycles. The molecule has 1 aromatic heterocycles. The van der Waals surface area contributed by atoms with Crippen LogP contribution in [-0.4, -0.2) is 16.5 Å². The van der Waals surface area contributed by atoms with Crippen LogP contribution in [0.4, 0.5) is 26.2 Å². The van der Waals surface area contributed by atoms with Gasteiger partial charge in [0.25, 0.3) is 0 Å². The van der Waals surface area contributed by atoms with Crippen molar-refractivity contribution in [3.05, 3.63) is 40.0 Å². The number of aromatic nitrogens is 2. The Labute approximate surface area is 123 Å². The summed E-state index contributed by atoms with van der Waals surface area (Å²) in [5, 5.41) is 5.73. The van der Waals surface area contributed by atoms with Crippen LogP contribution in [0.3, 0.4) is 0 Å². The minimum atomic E-state index is -0.570. The zero-order chi connectivity index (χ0) is 14.7. The monoisotopic (exact) mass is 342 g/mol. The van der Waals surface area contributed by atoms with Crippen LogP contribution in [0.1, 0.15) is 12.6 Å². The summed E-state index contributed by atoms with van der Waals surface area (Å²) in [6.07, 6.45) is 0. The average molecular weight is 343 g/mol. The zero-order valence-electron chi connectivity index (χ0n) is 11.0. The van der Waals surface area contributed by atoms with Gasteiger partial charge >= 0.3 is 0 Å². The van der Waals surface area contributed by atoms with E-state index in [1.807, 2.05) is 6.92 Å². The van der Waals surface area contributed by atoms with Gasteiger partial charge in [0.1, 0.15) is 17.5 Å². The molecular formula is C13H13BrF2N4. The Balaban J connectivity index is 2.32. The summed E-state index contributed by atoms with van der Waals surface area (Å²) >= 11 is 2.93. The highest BCUT2D eigenvalue weighted by molar-refractivity contribution is 9.10. The fraction of sp³-hybridized carbons (Fsp3) is 0.231. The molecule has 7 heteroatoms. The fourth-order valence-corrected chi connectivity index (χ4v) is 1.94. The van der Waals surface area contributed by atoms with E-state index in [0.29, 0.717) is 18.3 Å². The summed E-state index contributed by atoms with van der Waals surface area (Å²) in [6, 6.07) is 3.79. The van der Waals surface area contributed by atoms with Crippen LogP contribution in [0.15, 0.2) is 22.7 Å². The summed E-state index contributed by atoms with van der Waals surface area (Å²) in [6.45, 7) is 4.39. The molecule has 0 bridgehead atoms. The van der Waals surface area contributed by atoms with E-state index in [1.54, 1.807) is 13.0 Å². The third-order valence-corrected chi connectivity index (χ3v) is 3.07. The first-order chi connectivity index (χ1) is 9.49. The highest BCUT2D eigenvalue weighted by Gasteiger charge is 2.10. The minimum absolute atomic E-state index is 0.0197. The molecule has 0 aliphatic rings. The molecule has 0 fully saturated rings. The van der Waals surface area contributed by atoms with Crippen molar-refractivity contribution in [2.24, 2.45) is 0 Å². The van der Waals surface area contributed by atoms with Gasteiger partial charge in [-0.15, -0.1) is 0 Å². The third-order valence-electron chi connectivity index (χ3n) is 2.46. The predicted molar refractivity (Wildman–Crippen MR) is 78.3 cm³/mol. The van der Waals surface area contributed by atoms with Gasteiger partial charge in [0, 0.05) is 24.4 Å². The SMILES string of the molecule is CCNc1nc(C)cc(Nc2cc(F)c(Br)cc2F)n1. The van der Waals surface area contributed by atoms with Gasteiger partial charge in [-0.25, -0.2) is 13.8 Å². The number of benzene rings is 1. The van der Waals surface area contributed by atoms with Crippen LogP contribution in [0.25, 0.3) is 0 Å². The second-order valence-electron chi connectivity index (χ2n) is 4.12. The van der Waals surface area contributed by atoms with Gasteiger partial charge in [-0.3, -0.25) is 0 Å². The van der Waals surface area contributed by atoms with Gasteiger partial charge in [-0.05, 0) is 35.8 Å². The molecule has 0 radical (unpaired) electrons. The number of halogens is 3. The largest absolute Gasteiger partial charge is 0.354 e. The number of rotatable bonds is 4. The molecule has 0 saturated carbocycles. The fourth-order valence-electron chi connectivity index (χ4n) is 1.63. The highest BCUT2D eigenvalue weighted by atomic mass is 79.9. The Morgan fingerprint density at radius 3 is 2.60 bits per heavy atom. The maximum absolute atomic E-state index is 13.7. The smallest absolute Gasteiger partial charge is 0.224 e. The Kier molecular flexibility index (Phi) is 4.49. The number of nitrogens with one attached hydrogen (secondary N) is 2. The van der Waals surface area contributed by atoms with Crippen LogP contribution < -0.4 is 10.6 Å². The molecule has 2 N–H and O–H groups in total. The lowest BCUT2D eigenvalue weighted by atomic mass is 10.3. The second-order valence-corrected chi connectivity index (χ2v) is 4.97. The molecule has 0 spiro atoms. The van der Waals surface area contributed by atoms with Gasteiger partial charge in [0.2, 0.25) is 5.95 Å². The van der Waals surface area contributed by atoms with Crippen LogP contribution in [-0.2, 0) is 0 Å². The Morgan fingerprint density at radius 2 is 1.90 bits per heavy atom. The van der Waals surface area contributed by atoms with E-state index >= 15 is 0 Å². The van der Waals surface area contributed by atoms with E-state index in [-0.39, 0.29) is 10.2 Å². The number of aryl methyl sites for hydroxylation is 1. The zero-order valence-corrected chi connectivity index (χ0v) is 12.6. The molecule has 1 aromatic carbocycles. The molecule has 0 aliphatic carbocycles. The predicted octanol–water partition coefficient (Wildman–Crippen LogP) is 4.00. The van der Waals surface area contributed by atoms with Crippen molar-refractivity contribution in [1.82, 2.24) is 9.97 Å². The average Bonchev–Trinajstić information content (AvgIpc) is 2.35. The molecule has 0 aliphatic heterocycles. The maximum Gasteiger partial charge on any atom is 0.224 e. The van der Waals surface area contributed by atoms with E-state index in [9.17, 15) is 8.78 Å². The van der Waals surface area contributed by atoms with Crippen molar-refractivity contribution in [3.63, 3.8) is 0 Å². The van der Waals surface area contributed by atoms with Crippen molar-refractivity contribution in [2.45, 2.75) is 13.8 Å². The van der Waals surface area contributed by atoms with Crippen molar-refractivity contribution in [3.8, 4) is 0 Å². The summed E-state index contributed by atoms with van der Waals surface area (Å²) in [4.78, 5) is 8.36. The van der Waals surface area contributed by atoms with Gasteiger partial charge in [0.15, 0.2) is 0 Å². The molecule has 2 aromatic rings. The molecule has 0 unspecified atom stereocenters. The summed E-state index contributed by atoms with van der Waals surface area (Å²) in [7, 11) is 0. The van der Waals surface area contributed by atoms with E-state index in [2.05, 4.69) is 36.5 Å². The van der Waals surface area contributed by atoms with E-state index in [0.717, 1.165) is 17.8 Å². The first-order valence-electron chi connectivity index (χ1n) is 6.00. The van der Waals surface area contributed by atoms with Crippen LogP contribution in [0.2, 0.25) is 0 Å². The number of hydrogen-bond donors (Lipinski definition) is 2. The minimum Gasteiger partial charge on any atom is -0.354 e. The lowest BCUT2D eigenvalue weighted by Crippen LogP contribution is -2.06. The molecule has 0 amide bonds. The molecule has 4 nitrogen and oxygen atoms in total. The quantitative estimate of drug-likeness (QED) is 0.824. The molecule has 20 heavy (non-hydrogen) atoms. The molecular weight excluding hydrogens is 330 g/mol. The topological polar surface area (TPSA) is 49.8 Å². The van der Waals surface area contributed by atoms with Crippen LogP contribution >= 0.6 is 15.9 Å². The molecule has 2 rings (SSSR count). The Hall–Kier alpha value is -1.76. The van der Waals surface area contributed by atoms with Gasteiger partial charge in [0.05, 0.1) is 10.2 Å². The van der Waals surface area contributed by atoms with Gasteiger partial charge in [-0.2, -0.15) is 4.98 Å². The van der Waals surface area contributed by atoms with Gasteiger partial charge in [-0.1, -0.05) is 0 Å². The third kappa shape index (κ3) is 3.41. The number of hydrogen-bond acceptors (Lipinski definition) is 4. The maximum atomic E-state index is 13.7. The first-order valence-corrected chi connectivity index (χ1v) is 6.80. The lowest BCUT2D eigenvalue weighted by molar-refractivity contribution is 0.597. The van der Waals surface area contributed by atoms with E-state index in [4.69, 9.17) is 0 Å². The van der Waals surface area contributed by atoms with Crippen LogP contribution in [0, 0.1) is 18.6 Å². The van der Waals surface area contributed by atoms with Crippen molar-refractivity contribution >= 4 is 33.4 Å².